The van der Waals surface area contributed by atoms with E-state index in [0.717, 1.165) is 25.7 Å². The quantitative estimate of drug-likeness (QED) is 0.788. The van der Waals surface area contributed by atoms with Crippen molar-refractivity contribution in [1.82, 2.24) is 9.62 Å². The number of piperidine rings is 1. The van der Waals surface area contributed by atoms with E-state index in [2.05, 4.69) is 6.92 Å². The molecule has 1 aromatic heterocycles. The van der Waals surface area contributed by atoms with Crippen molar-refractivity contribution in [1.29, 1.82) is 0 Å². The van der Waals surface area contributed by atoms with Gasteiger partial charge in [-0.05, 0) is 43.2 Å². The molecule has 1 saturated carbocycles. The fraction of sp³-hybridized carbons (Fsp3) is 0.647. The van der Waals surface area contributed by atoms with Gasteiger partial charge in [0, 0.05) is 12.6 Å². The number of carbonyl (C=O) groups excluding carboxylic acids is 2. The van der Waals surface area contributed by atoms with Crippen molar-refractivity contribution in [2.24, 2.45) is 17.6 Å². The van der Waals surface area contributed by atoms with Gasteiger partial charge in [-0.2, -0.15) is 4.72 Å². The summed E-state index contributed by atoms with van der Waals surface area (Å²) in [5.41, 5.74) is 4.94. The monoisotopic (exact) mass is 383 g/mol. The molecule has 0 radical (unpaired) electrons. The minimum Gasteiger partial charge on any atom is -0.438 e. The van der Waals surface area contributed by atoms with Crippen LogP contribution >= 0.6 is 0 Å². The van der Waals surface area contributed by atoms with Gasteiger partial charge in [0.25, 0.3) is 15.9 Å². The minimum absolute atomic E-state index is 0.00308. The fourth-order valence-electron chi connectivity index (χ4n) is 4.12. The van der Waals surface area contributed by atoms with Crippen molar-refractivity contribution in [3.05, 3.63) is 17.9 Å². The number of carbonyl (C=O) groups is 2. The van der Waals surface area contributed by atoms with Crippen molar-refractivity contribution in [2.45, 2.75) is 50.2 Å². The Bertz CT molecular complexity index is 788. The van der Waals surface area contributed by atoms with E-state index in [1.165, 1.54) is 18.6 Å². The van der Waals surface area contributed by atoms with E-state index in [4.69, 9.17) is 10.2 Å². The second kappa shape index (κ2) is 7.40. The first-order chi connectivity index (χ1) is 12.3. The number of likely N-dealkylation sites (tertiary alicyclic amines) is 1. The second-order valence-electron chi connectivity index (χ2n) is 7.19. The van der Waals surface area contributed by atoms with Gasteiger partial charge < -0.3 is 15.1 Å². The van der Waals surface area contributed by atoms with Crippen molar-refractivity contribution in [3.8, 4) is 0 Å². The molecule has 26 heavy (non-hydrogen) atoms. The van der Waals surface area contributed by atoms with Crippen LogP contribution in [0.5, 0.6) is 0 Å². The van der Waals surface area contributed by atoms with Crippen LogP contribution < -0.4 is 10.5 Å². The highest BCUT2D eigenvalue weighted by molar-refractivity contribution is 7.89. The van der Waals surface area contributed by atoms with Gasteiger partial charge >= 0.3 is 0 Å². The molecule has 0 aromatic carbocycles. The van der Waals surface area contributed by atoms with Gasteiger partial charge in [0.05, 0.1) is 6.54 Å². The maximum absolute atomic E-state index is 12.9. The Morgan fingerprint density at radius 1 is 1.27 bits per heavy atom. The zero-order chi connectivity index (χ0) is 18.9. The van der Waals surface area contributed by atoms with Gasteiger partial charge in [-0.1, -0.05) is 19.8 Å². The SMILES string of the molecule is CC1CCN(C(=O)c2ccc(S(=O)(=O)NCC(N)=O)o2)C2CCCCC12. The number of furan rings is 1. The molecule has 0 spiro atoms. The van der Waals surface area contributed by atoms with Crippen LogP contribution in [0.2, 0.25) is 0 Å². The largest absolute Gasteiger partial charge is 0.438 e. The third kappa shape index (κ3) is 3.78. The van der Waals surface area contributed by atoms with E-state index in [-0.39, 0.29) is 17.7 Å². The van der Waals surface area contributed by atoms with Crippen molar-refractivity contribution in [3.63, 3.8) is 0 Å². The van der Waals surface area contributed by atoms with Crippen molar-refractivity contribution < 1.29 is 22.4 Å². The number of primary amides is 1. The van der Waals surface area contributed by atoms with E-state index >= 15 is 0 Å². The molecule has 1 aliphatic carbocycles. The highest BCUT2D eigenvalue weighted by Gasteiger charge is 2.40. The number of nitrogens with one attached hydrogen (secondary N) is 1. The van der Waals surface area contributed by atoms with Gasteiger partial charge in [0.15, 0.2) is 5.76 Å². The molecule has 2 aliphatic rings. The number of hydrogen-bond acceptors (Lipinski definition) is 5. The molecule has 3 atom stereocenters. The summed E-state index contributed by atoms with van der Waals surface area (Å²) in [5, 5.41) is -0.396. The molecule has 144 valence electrons. The van der Waals surface area contributed by atoms with E-state index in [1.807, 2.05) is 9.62 Å². The van der Waals surface area contributed by atoms with Crippen LogP contribution in [0.15, 0.2) is 21.6 Å². The van der Waals surface area contributed by atoms with Crippen LogP contribution in [0.25, 0.3) is 0 Å². The van der Waals surface area contributed by atoms with Crippen LogP contribution in [0.4, 0.5) is 0 Å². The third-order valence-corrected chi connectivity index (χ3v) is 6.77. The van der Waals surface area contributed by atoms with Gasteiger partial charge in [-0.15, -0.1) is 0 Å². The van der Waals surface area contributed by atoms with Crippen molar-refractivity contribution in [2.75, 3.05) is 13.1 Å². The highest BCUT2D eigenvalue weighted by Crippen LogP contribution is 2.39. The molecule has 3 N–H and O–H groups in total. The molecule has 3 unspecified atom stereocenters. The lowest BCUT2D eigenvalue weighted by molar-refractivity contribution is -0.116. The standard InChI is InChI=1S/C17H25N3O5S/c1-11-8-9-20(13-5-3-2-4-12(11)13)17(22)14-6-7-16(25-14)26(23,24)19-10-15(18)21/h6-7,11-13,19H,2-5,8-10H2,1H3,(H2,18,21). The summed E-state index contributed by atoms with van der Waals surface area (Å²) in [4.78, 5) is 25.5. The molecular weight excluding hydrogens is 358 g/mol. The number of nitrogens with zero attached hydrogens (tertiary/aromatic N) is 1. The first-order valence-corrected chi connectivity index (χ1v) is 10.5. The Labute approximate surface area is 153 Å². The lowest BCUT2D eigenvalue weighted by Crippen LogP contribution is -2.52. The van der Waals surface area contributed by atoms with Gasteiger partial charge in [-0.3, -0.25) is 9.59 Å². The molecule has 9 heteroatoms. The molecule has 1 aliphatic heterocycles. The average Bonchev–Trinajstić information content (AvgIpc) is 3.11. The van der Waals surface area contributed by atoms with Crippen LogP contribution in [-0.2, 0) is 14.8 Å². The predicted octanol–water partition coefficient (Wildman–Crippen LogP) is 1.08. The predicted molar refractivity (Wildman–Crippen MR) is 93.7 cm³/mol. The highest BCUT2D eigenvalue weighted by atomic mass is 32.2. The maximum Gasteiger partial charge on any atom is 0.289 e. The number of sulfonamides is 1. The molecule has 1 saturated heterocycles. The molecule has 2 heterocycles. The molecule has 3 rings (SSSR count). The van der Waals surface area contributed by atoms with Gasteiger partial charge in [-0.25, -0.2) is 8.42 Å². The summed E-state index contributed by atoms with van der Waals surface area (Å²) in [7, 11) is -4.02. The van der Waals surface area contributed by atoms with Crippen molar-refractivity contribution >= 4 is 21.8 Å². The van der Waals surface area contributed by atoms with E-state index in [0.29, 0.717) is 18.4 Å². The number of rotatable bonds is 5. The summed E-state index contributed by atoms with van der Waals surface area (Å²) < 4.78 is 31.5. The Hall–Kier alpha value is -1.87. The number of fused-ring (bicyclic) bond motifs is 1. The summed E-state index contributed by atoms with van der Waals surface area (Å²) in [5.74, 6) is 0.0161. The van der Waals surface area contributed by atoms with E-state index < -0.39 is 27.6 Å². The van der Waals surface area contributed by atoms with E-state index in [9.17, 15) is 18.0 Å². The van der Waals surface area contributed by atoms with Gasteiger partial charge in [0.2, 0.25) is 11.0 Å². The molecule has 2 amide bonds. The molecule has 8 nitrogen and oxygen atoms in total. The Morgan fingerprint density at radius 3 is 2.73 bits per heavy atom. The van der Waals surface area contributed by atoms with Gasteiger partial charge in [0.1, 0.15) is 0 Å². The van der Waals surface area contributed by atoms with Crippen LogP contribution in [0.3, 0.4) is 0 Å². The molecule has 0 bridgehead atoms. The molecule has 1 aromatic rings. The minimum atomic E-state index is -4.02. The van der Waals surface area contributed by atoms with E-state index in [1.54, 1.807) is 0 Å². The lowest BCUT2D eigenvalue weighted by Gasteiger charge is -2.47. The molecular formula is C17H25N3O5S. The number of amides is 2. The number of nitrogens with two attached hydrogens (primary N) is 1. The van der Waals surface area contributed by atoms with Crippen LogP contribution in [0, 0.1) is 11.8 Å². The summed E-state index contributed by atoms with van der Waals surface area (Å²) in [6.45, 7) is 2.37. The zero-order valence-corrected chi connectivity index (χ0v) is 15.6. The normalized spacial score (nSPS) is 26.3. The summed E-state index contributed by atoms with van der Waals surface area (Å²) in [6.07, 6.45) is 5.35. The first-order valence-electron chi connectivity index (χ1n) is 8.98. The first kappa shape index (κ1) is 18.9. The Morgan fingerprint density at radius 2 is 2.00 bits per heavy atom. The Balaban J connectivity index is 1.76. The summed E-state index contributed by atoms with van der Waals surface area (Å²) >= 11 is 0. The molecule has 2 fully saturated rings. The van der Waals surface area contributed by atoms with Crippen LogP contribution in [0.1, 0.15) is 49.6 Å². The second-order valence-corrected chi connectivity index (χ2v) is 8.89. The zero-order valence-electron chi connectivity index (χ0n) is 14.8. The smallest absolute Gasteiger partial charge is 0.289 e. The number of hydrogen-bond donors (Lipinski definition) is 2. The summed E-state index contributed by atoms with van der Waals surface area (Å²) in [6, 6.07) is 2.79. The fourth-order valence-corrected chi connectivity index (χ4v) is 5.05. The van der Waals surface area contributed by atoms with Crippen LogP contribution in [-0.4, -0.2) is 44.3 Å². The Kier molecular flexibility index (Phi) is 5.38. The topological polar surface area (TPSA) is 123 Å². The maximum atomic E-state index is 12.9. The third-order valence-electron chi connectivity index (χ3n) is 5.49. The lowest BCUT2D eigenvalue weighted by atomic mass is 9.72. The average molecular weight is 383 g/mol.